The molecule has 12 heavy (non-hydrogen) atoms. The number of alkyl halides is 2. The molecule has 0 spiro atoms. The van der Waals surface area contributed by atoms with E-state index in [1.54, 1.807) is 0 Å². The highest BCUT2D eigenvalue weighted by Crippen LogP contribution is 2.19. The van der Waals surface area contributed by atoms with Gasteiger partial charge < -0.3 is 9.84 Å². The highest BCUT2D eigenvalue weighted by molar-refractivity contribution is 7.11. The Balaban J connectivity index is 2.71. The fourth-order valence-corrected chi connectivity index (χ4v) is 1.13. The maximum absolute atomic E-state index is 11.5. The van der Waals surface area contributed by atoms with E-state index in [4.69, 9.17) is 5.11 Å². The SMILES string of the molecule is O=C(O)c1csc(OC(F)F)n1. The third-order valence-corrected chi connectivity index (χ3v) is 1.62. The molecule has 1 heterocycles. The summed E-state index contributed by atoms with van der Waals surface area (Å²) in [4.78, 5) is 13.5. The second-order valence-electron chi connectivity index (χ2n) is 1.68. The molecule has 0 bridgehead atoms. The first kappa shape index (κ1) is 8.85. The van der Waals surface area contributed by atoms with Crippen LogP contribution in [0.15, 0.2) is 5.38 Å². The normalized spacial score (nSPS) is 10.2. The first-order chi connectivity index (χ1) is 5.59. The molecule has 1 aromatic rings. The summed E-state index contributed by atoms with van der Waals surface area (Å²) in [5, 5.41) is 9.11. The number of carboxylic acid groups (broad SMARTS) is 1. The molecule has 0 aliphatic rings. The van der Waals surface area contributed by atoms with E-state index in [0.717, 1.165) is 5.38 Å². The van der Waals surface area contributed by atoms with Gasteiger partial charge in [0.25, 0.3) is 5.19 Å². The minimum Gasteiger partial charge on any atom is -0.476 e. The minimum atomic E-state index is -2.97. The minimum absolute atomic E-state index is 0.296. The highest BCUT2D eigenvalue weighted by Gasteiger charge is 2.12. The lowest BCUT2D eigenvalue weighted by Crippen LogP contribution is -2.02. The lowest BCUT2D eigenvalue weighted by molar-refractivity contribution is -0.0500. The summed E-state index contributed by atoms with van der Waals surface area (Å²) in [5.41, 5.74) is -0.296. The molecule has 0 atom stereocenters. The number of aromatic nitrogens is 1. The third kappa shape index (κ3) is 2.12. The predicted octanol–water partition coefficient (Wildman–Crippen LogP) is 1.44. The fourth-order valence-electron chi connectivity index (χ4n) is 0.486. The average molecular weight is 195 g/mol. The van der Waals surface area contributed by atoms with Crippen LogP contribution in [0.25, 0.3) is 0 Å². The van der Waals surface area contributed by atoms with Crippen LogP contribution in [0, 0.1) is 0 Å². The molecule has 0 saturated heterocycles. The number of rotatable bonds is 3. The van der Waals surface area contributed by atoms with Gasteiger partial charge in [0.1, 0.15) is 0 Å². The maximum atomic E-state index is 11.5. The van der Waals surface area contributed by atoms with Crippen molar-refractivity contribution in [1.29, 1.82) is 0 Å². The van der Waals surface area contributed by atoms with Gasteiger partial charge in [0.2, 0.25) is 0 Å². The van der Waals surface area contributed by atoms with E-state index < -0.39 is 12.6 Å². The molecule has 1 aromatic heterocycles. The number of aromatic carboxylic acids is 1. The van der Waals surface area contributed by atoms with Crippen LogP contribution in [0.4, 0.5) is 8.78 Å². The van der Waals surface area contributed by atoms with Crippen molar-refractivity contribution in [2.45, 2.75) is 6.61 Å². The van der Waals surface area contributed by atoms with Crippen LogP contribution < -0.4 is 4.74 Å². The van der Waals surface area contributed by atoms with Gasteiger partial charge in [-0.05, 0) is 0 Å². The number of hydrogen-bond donors (Lipinski definition) is 1. The summed E-state index contributed by atoms with van der Waals surface area (Å²) in [5.74, 6) is -1.27. The Morgan fingerprint density at radius 2 is 2.42 bits per heavy atom. The number of thiazole rings is 1. The Bertz CT molecular complexity index is 288. The quantitative estimate of drug-likeness (QED) is 0.792. The molecule has 0 radical (unpaired) electrons. The molecule has 7 heteroatoms. The zero-order valence-electron chi connectivity index (χ0n) is 5.53. The van der Waals surface area contributed by atoms with Crippen LogP contribution in [0.5, 0.6) is 5.19 Å². The first-order valence-electron chi connectivity index (χ1n) is 2.73. The summed E-state index contributed by atoms with van der Waals surface area (Å²) < 4.78 is 26.9. The standard InChI is InChI=1S/C5H3F2NO3S/c6-4(7)11-5-8-2(1-12-5)3(9)10/h1,4H,(H,9,10). The summed E-state index contributed by atoms with van der Waals surface area (Å²) >= 11 is 0.712. The monoisotopic (exact) mass is 195 g/mol. The van der Waals surface area contributed by atoms with Crippen molar-refractivity contribution >= 4 is 17.3 Å². The Morgan fingerprint density at radius 1 is 1.75 bits per heavy atom. The number of ether oxygens (including phenoxy) is 1. The number of carboxylic acids is 1. The largest absolute Gasteiger partial charge is 0.476 e. The molecule has 66 valence electrons. The Labute approximate surface area is 69.4 Å². The Hall–Kier alpha value is -1.24. The summed E-state index contributed by atoms with van der Waals surface area (Å²) in [6.45, 7) is -2.97. The van der Waals surface area contributed by atoms with Crippen molar-refractivity contribution in [3.8, 4) is 5.19 Å². The van der Waals surface area contributed by atoms with E-state index in [0.29, 0.717) is 11.3 Å². The van der Waals surface area contributed by atoms with Gasteiger partial charge >= 0.3 is 12.6 Å². The topological polar surface area (TPSA) is 59.4 Å². The van der Waals surface area contributed by atoms with Crippen molar-refractivity contribution in [3.05, 3.63) is 11.1 Å². The predicted molar refractivity (Wildman–Crippen MR) is 35.7 cm³/mol. The van der Waals surface area contributed by atoms with E-state index in [-0.39, 0.29) is 10.9 Å². The lowest BCUT2D eigenvalue weighted by atomic mass is 10.5. The third-order valence-electron chi connectivity index (χ3n) is 0.892. The van der Waals surface area contributed by atoms with Gasteiger partial charge in [-0.1, -0.05) is 11.3 Å². The molecule has 0 aliphatic carbocycles. The number of halogens is 2. The van der Waals surface area contributed by atoms with Crippen molar-refractivity contribution in [2.24, 2.45) is 0 Å². The number of hydrogen-bond acceptors (Lipinski definition) is 4. The molecule has 0 saturated carbocycles. The van der Waals surface area contributed by atoms with Gasteiger partial charge in [0, 0.05) is 5.38 Å². The zero-order valence-corrected chi connectivity index (χ0v) is 6.35. The van der Waals surface area contributed by atoms with Crippen molar-refractivity contribution in [1.82, 2.24) is 4.98 Å². The fraction of sp³-hybridized carbons (Fsp3) is 0.200. The molecular weight excluding hydrogens is 192 g/mol. The smallest absolute Gasteiger partial charge is 0.389 e. The summed E-state index contributed by atoms with van der Waals surface area (Å²) in [6.07, 6.45) is 0. The molecule has 4 nitrogen and oxygen atoms in total. The van der Waals surface area contributed by atoms with E-state index >= 15 is 0 Å². The summed E-state index contributed by atoms with van der Waals surface area (Å²) in [6, 6.07) is 0. The van der Waals surface area contributed by atoms with Crippen LogP contribution in [0.1, 0.15) is 10.5 Å². The molecule has 1 N–H and O–H groups in total. The molecule has 0 fully saturated rings. The molecular formula is C5H3F2NO3S. The molecule has 0 aromatic carbocycles. The van der Waals surface area contributed by atoms with E-state index in [9.17, 15) is 13.6 Å². The van der Waals surface area contributed by atoms with Gasteiger partial charge in [-0.25, -0.2) is 4.79 Å². The van der Waals surface area contributed by atoms with E-state index in [2.05, 4.69) is 9.72 Å². The second kappa shape index (κ2) is 3.44. The van der Waals surface area contributed by atoms with Crippen LogP contribution in [-0.4, -0.2) is 22.7 Å². The first-order valence-corrected chi connectivity index (χ1v) is 3.61. The molecule has 0 aliphatic heterocycles. The second-order valence-corrected chi connectivity index (χ2v) is 2.50. The van der Waals surface area contributed by atoms with E-state index in [1.807, 2.05) is 0 Å². The molecule has 1 rings (SSSR count). The average Bonchev–Trinajstić information content (AvgIpc) is 2.34. The van der Waals surface area contributed by atoms with Gasteiger partial charge in [0.15, 0.2) is 5.69 Å². The van der Waals surface area contributed by atoms with E-state index in [1.165, 1.54) is 0 Å². The highest BCUT2D eigenvalue weighted by atomic mass is 32.1. The van der Waals surface area contributed by atoms with Crippen molar-refractivity contribution in [2.75, 3.05) is 0 Å². The summed E-state index contributed by atoms with van der Waals surface area (Å²) in [7, 11) is 0. The molecule has 0 amide bonds. The zero-order chi connectivity index (χ0) is 9.14. The van der Waals surface area contributed by atoms with Crippen molar-refractivity contribution < 1.29 is 23.4 Å². The Morgan fingerprint density at radius 3 is 2.83 bits per heavy atom. The number of carbonyl (C=O) groups is 1. The van der Waals surface area contributed by atoms with Gasteiger partial charge in [-0.15, -0.1) is 0 Å². The maximum Gasteiger partial charge on any atom is 0.389 e. The van der Waals surface area contributed by atoms with Gasteiger partial charge in [-0.2, -0.15) is 13.8 Å². The molecule has 0 unspecified atom stereocenters. The Kier molecular flexibility index (Phi) is 2.54. The van der Waals surface area contributed by atoms with Crippen LogP contribution in [-0.2, 0) is 0 Å². The van der Waals surface area contributed by atoms with Crippen LogP contribution in [0.2, 0.25) is 0 Å². The van der Waals surface area contributed by atoms with Gasteiger partial charge in [-0.3, -0.25) is 0 Å². The van der Waals surface area contributed by atoms with Crippen molar-refractivity contribution in [3.63, 3.8) is 0 Å². The van der Waals surface area contributed by atoms with Crippen LogP contribution in [0.3, 0.4) is 0 Å². The number of nitrogens with zero attached hydrogens (tertiary/aromatic N) is 1. The van der Waals surface area contributed by atoms with Crippen LogP contribution >= 0.6 is 11.3 Å². The lowest BCUT2D eigenvalue weighted by Gasteiger charge is -1.96. The van der Waals surface area contributed by atoms with Gasteiger partial charge in [0.05, 0.1) is 0 Å².